The molecule has 3 rings (SSSR count). The van der Waals surface area contributed by atoms with Crippen LogP contribution >= 0.6 is 0 Å². The van der Waals surface area contributed by atoms with Crippen LogP contribution in [0.2, 0.25) is 0 Å². The molecule has 1 heterocycles. The molecule has 0 saturated carbocycles. The minimum atomic E-state index is 0.441. The Balaban J connectivity index is 2.11. The molecule has 110 valence electrons. The second kappa shape index (κ2) is 6.18. The van der Waals surface area contributed by atoms with E-state index in [1.54, 1.807) is 19.2 Å². The molecule has 3 aromatic rings. The van der Waals surface area contributed by atoms with E-state index in [0.29, 0.717) is 16.9 Å². The van der Waals surface area contributed by atoms with Crippen LogP contribution in [0.1, 0.15) is 0 Å². The van der Waals surface area contributed by atoms with Crippen molar-refractivity contribution in [3.8, 4) is 28.4 Å². The molecule has 22 heavy (non-hydrogen) atoms. The van der Waals surface area contributed by atoms with Gasteiger partial charge in [-0.25, -0.2) is 0 Å². The zero-order valence-electron chi connectivity index (χ0n) is 12.1. The van der Waals surface area contributed by atoms with Crippen molar-refractivity contribution in [2.45, 2.75) is 0 Å². The monoisotopic (exact) mass is 293 g/mol. The molecule has 0 spiro atoms. The average molecular weight is 293 g/mol. The average Bonchev–Trinajstić information content (AvgIpc) is 2.62. The Labute approximate surface area is 127 Å². The molecule has 0 saturated heterocycles. The first-order chi connectivity index (χ1) is 10.8. The van der Waals surface area contributed by atoms with E-state index in [0.717, 1.165) is 16.9 Å². The molecule has 0 amide bonds. The lowest BCUT2D eigenvalue weighted by atomic mass is 10.1. The maximum atomic E-state index is 9.13. The number of hydrogen-bond donors (Lipinski definition) is 1. The summed E-state index contributed by atoms with van der Waals surface area (Å²) in [7, 11) is 1.62. The van der Waals surface area contributed by atoms with E-state index in [-0.39, 0.29) is 0 Å². The van der Waals surface area contributed by atoms with Gasteiger partial charge in [-0.15, -0.1) is 0 Å². The first-order valence-corrected chi connectivity index (χ1v) is 6.83. The molecule has 0 fully saturated rings. The van der Waals surface area contributed by atoms with Gasteiger partial charge >= 0.3 is 0 Å². The summed E-state index contributed by atoms with van der Waals surface area (Å²) in [4.78, 5) is 0. The maximum Gasteiger partial charge on any atom is 0.136 e. The topological polar surface area (TPSA) is 55.0 Å². The Morgan fingerprint density at radius 3 is 2.00 bits per heavy atom. The number of nitrogens with zero attached hydrogens (tertiary/aromatic N) is 1. The molecule has 0 bridgehead atoms. The molecule has 0 aliphatic heterocycles. The van der Waals surface area contributed by atoms with Crippen LogP contribution < -0.4 is 10.1 Å². The summed E-state index contributed by atoms with van der Waals surface area (Å²) in [6, 6.07) is 20.6. The van der Waals surface area contributed by atoms with Crippen molar-refractivity contribution in [2.75, 3.05) is 7.11 Å². The van der Waals surface area contributed by atoms with Crippen molar-refractivity contribution in [3.63, 3.8) is 0 Å². The Bertz CT molecular complexity index is 821. The van der Waals surface area contributed by atoms with Crippen LogP contribution in [0.5, 0.6) is 5.75 Å². The quantitative estimate of drug-likeness (QED) is 0.588. The Hall–Kier alpha value is -3.01. The molecule has 0 unspecified atom stereocenters. The fourth-order valence-electron chi connectivity index (χ4n) is 2.19. The van der Waals surface area contributed by atoms with E-state index in [4.69, 9.17) is 14.4 Å². The molecular formula is C18H15NO3. The lowest BCUT2D eigenvalue weighted by molar-refractivity contribution is 0.301. The van der Waals surface area contributed by atoms with Crippen molar-refractivity contribution in [1.82, 2.24) is 0 Å². The van der Waals surface area contributed by atoms with E-state index in [2.05, 4.69) is 5.16 Å². The predicted octanol–water partition coefficient (Wildman–Crippen LogP) is 3.91. The van der Waals surface area contributed by atoms with Crippen LogP contribution in [0, 0.1) is 0 Å². The molecule has 0 aliphatic carbocycles. The highest BCUT2D eigenvalue weighted by atomic mass is 16.5. The summed E-state index contributed by atoms with van der Waals surface area (Å²) in [6.07, 6.45) is 0. The number of ether oxygens (including phenoxy) is 1. The van der Waals surface area contributed by atoms with Crippen LogP contribution in [0.15, 0.2) is 76.3 Å². The van der Waals surface area contributed by atoms with Gasteiger partial charge in [0.05, 0.1) is 7.11 Å². The Morgan fingerprint density at radius 1 is 0.864 bits per heavy atom. The van der Waals surface area contributed by atoms with Crippen molar-refractivity contribution >= 4 is 0 Å². The lowest BCUT2D eigenvalue weighted by Crippen LogP contribution is -2.01. The van der Waals surface area contributed by atoms with Crippen LogP contribution in [-0.2, 0) is 0 Å². The summed E-state index contributed by atoms with van der Waals surface area (Å²) < 4.78 is 11.1. The molecule has 4 nitrogen and oxygen atoms in total. The van der Waals surface area contributed by atoms with E-state index in [1.807, 2.05) is 54.6 Å². The molecular weight excluding hydrogens is 278 g/mol. The van der Waals surface area contributed by atoms with Gasteiger partial charge in [-0.3, -0.25) is 0 Å². The summed E-state index contributed by atoms with van der Waals surface area (Å²) >= 11 is 0. The summed E-state index contributed by atoms with van der Waals surface area (Å²) in [6.45, 7) is 0. The first-order valence-electron chi connectivity index (χ1n) is 6.83. The normalized spacial score (nSPS) is 11.4. The highest BCUT2D eigenvalue weighted by Crippen LogP contribution is 2.26. The highest BCUT2D eigenvalue weighted by Gasteiger charge is 2.06. The molecule has 1 aromatic heterocycles. The summed E-state index contributed by atoms with van der Waals surface area (Å²) in [5.41, 5.74) is 1.80. The van der Waals surface area contributed by atoms with Crippen LogP contribution in [-0.4, -0.2) is 12.3 Å². The van der Waals surface area contributed by atoms with Crippen LogP contribution in [0.3, 0.4) is 0 Å². The summed E-state index contributed by atoms with van der Waals surface area (Å²) in [5.74, 6) is 2.04. The van der Waals surface area contributed by atoms with Crippen molar-refractivity contribution in [3.05, 3.63) is 72.1 Å². The molecule has 2 aromatic carbocycles. The molecule has 4 heteroatoms. The van der Waals surface area contributed by atoms with Gasteiger partial charge in [0.1, 0.15) is 22.6 Å². The molecule has 0 atom stereocenters. The van der Waals surface area contributed by atoms with Gasteiger partial charge in [0.2, 0.25) is 0 Å². The van der Waals surface area contributed by atoms with Gasteiger partial charge in [0.25, 0.3) is 0 Å². The molecule has 1 N–H and O–H groups in total. The Kier molecular flexibility index (Phi) is 3.92. The smallest absolute Gasteiger partial charge is 0.136 e. The minimum absolute atomic E-state index is 0.441. The second-order valence-corrected chi connectivity index (χ2v) is 4.74. The van der Waals surface area contributed by atoms with Crippen LogP contribution in [0.25, 0.3) is 22.6 Å². The van der Waals surface area contributed by atoms with E-state index >= 15 is 0 Å². The van der Waals surface area contributed by atoms with Gasteiger partial charge in [-0.2, -0.15) is 0 Å². The lowest BCUT2D eigenvalue weighted by Gasteiger charge is -2.06. The van der Waals surface area contributed by atoms with E-state index in [1.165, 1.54) is 0 Å². The SMILES string of the molecule is COc1ccc(-c2cc(=NO)cc(-c3ccccc3)o2)cc1. The van der Waals surface area contributed by atoms with E-state index in [9.17, 15) is 0 Å². The third-order valence-electron chi connectivity index (χ3n) is 3.33. The van der Waals surface area contributed by atoms with Gasteiger partial charge in [0.15, 0.2) is 0 Å². The van der Waals surface area contributed by atoms with Crippen molar-refractivity contribution < 1.29 is 14.4 Å². The first kappa shape index (κ1) is 13.9. The van der Waals surface area contributed by atoms with Gasteiger partial charge in [-0.1, -0.05) is 35.5 Å². The van der Waals surface area contributed by atoms with Crippen LogP contribution in [0.4, 0.5) is 0 Å². The zero-order valence-corrected chi connectivity index (χ0v) is 12.1. The van der Waals surface area contributed by atoms with Gasteiger partial charge in [-0.05, 0) is 24.3 Å². The fourth-order valence-corrected chi connectivity index (χ4v) is 2.19. The van der Waals surface area contributed by atoms with Gasteiger partial charge in [0, 0.05) is 23.3 Å². The zero-order chi connectivity index (χ0) is 15.4. The predicted molar refractivity (Wildman–Crippen MR) is 83.5 cm³/mol. The highest BCUT2D eigenvalue weighted by molar-refractivity contribution is 5.63. The number of hydrogen-bond acceptors (Lipinski definition) is 4. The fraction of sp³-hybridized carbons (Fsp3) is 0.0556. The van der Waals surface area contributed by atoms with Gasteiger partial charge < -0.3 is 14.4 Å². The number of methoxy groups -OCH3 is 1. The van der Waals surface area contributed by atoms with Crippen molar-refractivity contribution in [2.24, 2.45) is 5.16 Å². The summed E-state index contributed by atoms with van der Waals surface area (Å²) in [5, 5.41) is 12.9. The number of benzene rings is 2. The third kappa shape index (κ3) is 2.86. The standard InChI is InChI=1S/C18H15NO3/c1-21-16-9-7-14(8-10-16)18-12-15(19-20)11-17(22-18)13-5-3-2-4-6-13/h2-12,20H,1H3. The van der Waals surface area contributed by atoms with E-state index < -0.39 is 0 Å². The second-order valence-electron chi connectivity index (χ2n) is 4.74. The van der Waals surface area contributed by atoms with Crippen molar-refractivity contribution in [1.29, 1.82) is 0 Å². The largest absolute Gasteiger partial charge is 0.497 e. The third-order valence-corrected chi connectivity index (χ3v) is 3.33. The minimum Gasteiger partial charge on any atom is -0.497 e. The maximum absolute atomic E-state index is 9.13. The number of rotatable bonds is 3. The molecule has 0 radical (unpaired) electrons. The molecule has 0 aliphatic rings. The Morgan fingerprint density at radius 2 is 1.45 bits per heavy atom.